The van der Waals surface area contributed by atoms with Crippen molar-refractivity contribution < 1.29 is 22.5 Å². The number of imidazole rings is 1. The molecular weight excluding hydrogens is 825 g/mol. The molecule has 16 heteroatoms. The van der Waals surface area contributed by atoms with E-state index in [1.54, 1.807) is 54.9 Å². The Morgan fingerprint density at radius 3 is 2.38 bits per heavy atom. The summed E-state index contributed by atoms with van der Waals surface area (Å²) < 4.78 is 60.1. The normalized spacial score (nSPS) is 16.6. The van der Waals surface area contributed by atoms with Gasteiger partial charge in [0.1, 0.15) is 23.1 Å². The predicted molar refractivity (Wildman–Crippen MR) is 237 cm³/mol. The summed E-state index contributed by atoms with van der Waals surface area (Å²) in [5.41, 5.74) is 6.06. The van der Waals surface area contributed by atoms with Crippen molar-refractivity contribution in [2.75, 3.05) is 32.6 Å². The van der Waals surface area contributed by atoms with E-state index < -0.39 is 27.3 Å². The van der Waals surface area contributed by atoms with Gasteiger partial charge < -0.3 is 14.2 Å². The average molecular weight is 874 g/mol. The molecule has 6 heterocycles. The van der Waals surface area contributed by atoms with Gasteiger partial charge in [-0.1, -0.05) is 13.0 Å². The fourth-order valence-corrected chi connectivity index (χ4v) is 10.5. The van der Waals surface area contributed by atoms with Gasteiger partial charge in [0.05, 0.1) is 61.9 Å². The second-order valence-corrected chi connectivity index (χ2v) is 19.1. The van der Waals surface area contributed by atoms with Gasteiger partial charge >= 0.3 is 5.69 Å². The number of nitrogens with zero attached hydrogens (tertiary/aromatic N) is 9. The first-order valence-electron chi connectivity index (χ1n) is 21.2. The van der Waals surface area contributed by atoms with Crippen molar-refractivity contribution in [3.05, 3.63) is 147 Å². The molecule has 1 amide bonds. The van der Waals surface area contributed by atoms with Crippen molar-refractivity contribution in [2.24, 2.45) is 4.36 Å². The van der Waals surface area contributed by atoms with E-state index >= 15 is 13.6 Å². The highest BCUT2D eigenvalue weighted by Crippen LogP contribution is 2.38. The molecule has 9 rings (SSSR count). The lowest BCUT2D eigenvalue weighted by molar-refractivity contribution is 0.0667. The smallest absolute Gasteiger partial charge is 0.338 e. The zero-order valence-electron chi connectivity index (χ0n) is 36.1. The zero-order valence-corrected chi connectivity index (χ0v) is 37.0. The summed E-state index contributed by atoms with van der Waals surface area (Å²) in [7, 11) is -1.38. The minimum atomic E-state index is -2.83. The van der Waals surface area contributed by atoms with Crippen LogP contribution in [0.4, 0.5) is 8.78 Å². The van der Waals surface area contributed by atoms with Gasteiger partial charge in [-0.15, -0.1) is 0 Å². The number of fused-ring (bicyclic) bond motifs is 2. The van der Waals surface area contributed by atoms with E-state index in [0.29, 0.717) is 83.9 Å². The molecule has 2 aliphatic rings. The SMILES string of the molecule is CC[S@](=O)(=NC)c1ccc(-n2ccn(-c3c4c(nn3-c3cc(C)c(F)c(C)c3)CCN(C(=O)c3cc5cc(C6CCOCC6)ccc5n3Cc3cnc(C)cn3)[C@H]4C)c2=O)c(F)c1. The quantitative estimate of drug-likeness (QED) is 0.144. The van der Waals surface area contributed by atoms with Crippen LogP contribution in [0.25, 0.3) is 28.1 Å². The third-order valence-electron chi connectivity index (χ3n) is 12.6. The predicted octanol–water partition coefficient (Wildman–Crippen LogP) is 7.94. The van der Waals surface area contributed by atoms with Crippen LogP contribution in [-0.2, 0) is 27.4 Å². The van der Waals surface area contributed by atoms with Crippen LogP contribution in [0.5, 0.6) is 0 Å². The zero-order chi connectivity index (χ0) is 44.3. The van der Waals surface area contributed by atoms with Crippen molar-refractivity contribution >= 4 is 26.5 Å². The van der Waals surface area contributed by atoms with Gasteiger partial charge in [-0.3, -0.25) is 23.9 Å². The largest absolute Gasteiger partial charge is 0.381 e. The molecule has 13 nitrogen and oxygen atoms in total. The van der Waals surface area contributed by atoms with Gasteiger partial charge in [0.25, 0.3) is 5.91 Å². The Kier molecular flexibility index (Phi) is 11.0. The number of amides is 1. The minimum Gasteiger partial charge on any atom is -0.381 e. The van der Waals surface area contributed by atoms with Crippen LogP contribution in [0.1, 0.15) is 88.5 Å². The van der Waals surface area contributed by atoms with Gasteiger partial charge in [0, 0.05) is 74.0 Å². The van der Waals surface area contributed by atoms with E-state index in [1.165, 1.54) is 46.3 Å². The molecule has 0 N–H and O–H groups in total. The molecule has 326 valence electrons. The first-order valence-corrected chi connectivity index (χ1v) is 22.9. The second kappa shape index (κ2) is 16.5. The lowest BCUT2D eigenvalue weighted by atomic mass is 9.91. The van der Waals surface area contributed by atoms with E-state index in [0.717, 1.165) is 35.5 Å². The van der Waals surface area contributed by atoms with Crippen molar-refractivity contribution in [2.45, 2.75) is 77.3 Å². The van der Waals surface area contributed by atoms with Crippen molar-refractivity contribution in [3.8, 4) is 17.2 Å². The van der Waals surface area contributed by atoms with Crippen LogP contribution in [0.15, 0.2) is 93.4 Å². The summed E-state index contributed by atoms with van der Waals surface area (Å²) in [6, 6.07) is 15.2. The molecule has 0 unspecified atom stereocenters. The lowest BCUT2D eigenvalue weighted by Gasteiger charge is -2.34. The van der Waals surface area contributed by atoms with Crippen molar-refractivity contribution in [1.82, 2.24) is 38.3 Å². The van der Waals surface area contributed by atoms with Crippen molar-refractivity contribution in [1.29, 1.82) is 0 Å². The molecule has 2 aliphatic heterocycles. The Morgan fingerprint density at radius 1 is 0.952 bits per heavy atom. The molecule has 7 aromatic rings. The van der Waals surface area contributed by atoms with Gasteiger partial charge in [-0.2, -0.15) is 5.10 Å². The van der Waals surface area contributed by atoms with E-state index in [4.69, 9.17) is 9.84 Å². The summed E-state index contributed by atoms with van der Waals surface area (Å²) in [4.78, 5) is 40.9. The number of hydrogen-bond acceptors (Lipinski definition) is 8. The average Bonchev–Trinajstić information content (AvgIpc) is 3.98. The minimum absolute atomic E-state index is 0.0409. The Bertz CT molecular complexity index is 3090. The number of carbonyl (C=O) groups is 1. The molecule has 2 atom stereocenters. The standard InChI is InChI=1S/C47H49F2N9O4S/c1-7-63(61,50-6)37-9-11-41(38(48)24-37)55-16-17-56(47(55)60)45-43-31(5)54(15-12-39(43)53-58(45)36-20-28(2)44(49)29(3)21-36)46(59)42-23-34-22-33(32-13-18-62-19-14-32)8-10-40(34)57(42)27-35-26-51-30(4)25-52-35/h8-11,16-17,20-26,31-32H,7,12-15,18-19,27H2,1-6H3/t31-,63+/m0/s1. The first kappa shape index (κ1) is 42.1. The van der Waals surface area contributed by atoms with Crippen molar-refractivity contribution in [3.63, 3.8) is 0 Å². The Labute approximate surface area is 364 Å². The maximum Gasteiger partial charge on any atom is 0.338 e. The number of carbonyl (C=O) groups excluding carboxylic acids is 1. The van der Waals surface area contributed by atoms with Gasteiger partial charge in [-0.25, -0.2) is 26.8 Å². The van der Waals surface area contributed by atoms with Crippen LogP contribution in [0, 0.1) is 32.4 Å². The summed E-state index contributed by atoms with van der Waals surface area (Å²) in [5, 5.41) is 5.98. The number of rotatable bonds is 9. The third kappa shape index (κ3) is 7.38. The van der Waals surface area contributed by atoms with E-state index in [1.807, 2.05) is 24.5 Å². The first-order chi connectivity index (χ1) is 30.3. The van der Waals surface area contributed by atoms with Crippen LogP contribution in [0.3, 0.4) is 0 Å². The van der Waals surface area contributed by atoms with E-state index in [-0.39, 0.29) is 28.1 Å². The van der Waals surface area contributed by atoms with Crippen LogP contribution in [-0.4, -0.2) is 81.0 Å². The Morgan fingerprint density at radius 2 is 1.70 bits per heavy atom. The van der Waals surface area contributed by atoms with Gasteiger partial charge in [0.15, 0.2) is 0 Å². The van der Waals surface area contributed by atoms with Gasteiger partial charge in [0.2, 0.25) is 0 Å². The molecule has 0 radical (unpaired) electrons. The maximum absolute atomic E-state index is 15.9. The second-order valence-electron chi connectivity index (χ2n) is 16.4. The molecule has 63 heavy (non-hydrogen) atoms. The molecule has 1 saturated heterocycles. The van der Waals surface area contributed by atoms with Gasteiger partial charge in [-0.05, 0) is 112 Å². The number of halogens is 2. The number of benzene rings is 3. The highest BCUT2D eigenvalue weighted by molar-refractivity contribution is 7.93. The maximum atomic E-state index is 15.9. The third-order valence-corrected chi connectivity index (χ3v) is 15.0. The number of hydrogen-bond donors (Lipinski definition) is 0. The molecular formula is C47H49F2N9O4S. The summed E-state index contributed by atoms with van der Waals surface area (Å²) in [6.07, 6.45) is 8.68. The summed E-state index contributed by atoms with van der Waals surface area (Å²) in [6.45, 7) is 10.9. The Hall–Kier alpha value is -6.26. The number of aromatic nitrogens is 7. The summed E-state index contributed by atoms with van der Waals surface area (Å²) >= 11 is 0. The molecule has 0 aliphatic carbocycles. The van der Waals surface area contributed by atoms with Crippen LogP contribution >= 0.6 is 0 Å². The number of aryl methyl sites for hydroxylation is 3. The molecule has 0 bridgehead atoms. The molecule has 3 aromatic carbocycles. The molecule has 4 aromatic heterocycles. The highest BCUT2D eigenvalue weighted by atomic mass is 32.2. The van der Waals surface area contributed by atoms with E-state index in [9.17, 15) is 9.00 Å². The van der Waals surface area contributed by atoms with E-state index in [2.05, 4.69) is 32.5 Å². The van der Waals surface area contributed by atoms with Crippen LogP contribution < -0.4 is 5.69 Å². The van der Waals surface area contributed by atoms with Crippen LogP contribution in [0.2, 0.25) is 0 Å². The highest BCUT2D eigenvalue weighted by Gasteiger charge is 2.37. The monoisotopic (exact) mass is 873 g/mol. The fourth-order valence-electron chi connectivity index (χ4n) is 9.12. The molecule has 0 saturated carbocycles. The molecule has 1 fully saturated rings. The number of ether oxygens (including phenoxy) is 1. The fraction of sp³-hybridized carbons (Fsp3) is 0.340. The summed E-state index contributed by atoms with van der Waals surface area (Å²) in [5.74, 6) is -0.387. The molecule has 0 spiro atoms. The Balaban J connectivity index is 1.16. The lowest BCUT2D eigenvalue weighted by Crippen LogP contribution is -2.40. The topological polar surface area (TPSA) is 134 Å².